The lowest BCUT2D eigenvalue weighted by atomic mass is 9.79. The maximum absolute atomic E-state index is 14.3. The van der Waals surface area contributed by atoms with Crippen LogP contribution in [0.1, 0.15) is 76.7 Å². The molecule has 0 amide bonds. The van der Waals surface area contributed by atoms with Crippen molar-refractivity contribution in [1.82, 2.24) is 4.72 Å². The third-order valence-corrected chi connectivity index (χ3v) is 12.2. The third-order valence-electron chi connectivity index (χ3n) is 10.1. The molecule has 58 heavy (non-hydrogen) atoms. The van der Waals surface area contributed by atoms with E-state index >= 15 is 0 Å². The van der Waals surface area contributed by atoms with Crippen molar-refractivity contribution in [2.45, 2.75) is 76.8 Å². The summed E-state index contributed by atoms with van der Waals surface area (Å²) in [6.07, 6.45) is -0.393. The van der Waals surface area contributed by atoms with E-state index in [1.807, 2.05) is 27.7 Å². The van der Waals surface area contributed by atoms with Gasteiger partial charge in [-0.2, -0.15) is 0 Å². The summed E-state index contributed by atoms with van der Waals surface area (Å²) in [7, 11) is -2.08. The fourth-order valence-corrected chi connectivity index (χ4v) is 8.17. The second kappa shape index (κ2) is 19.7. The first-order valence-corrected chi connectivity index (χ1v) is 22.0. The SMILES string of the molecule is COC(C)(C)CCOC(C)(C)CCNS(=O)(=O)CCCOC1c2cc(-c3cc(F)cc(F)c3)ccc2-c2ccc(-c3cc(F)cc(F)c3)cc2C1OCCCS(=O)O. The highest BCUT2D eigenvalue weighted by Gasteiger charge is 2.36. The highest BCUT2D eigenvalue weighted by atomic mass is 32.2. The molecule has 4 aromatic rings. The Balaban J connectivity index is 1.40. The average molecular weight is 850 g/mol. The molecule has 3 unspecified atom stereocenters. The summed E-state index contributed by atoms with van der Waals surface area (Å²) >= 11 is -2.07. The van der Waals surface area contributed by atoms with Gasteiger partial charge in [-0.3, -0.25) is 0 Å². The Morgan fingerprint density at radius 1 is 0.672 bits per heavy atom. The first-order valence-electron chi connectivity index (χ1n) is 19.0. The van der Waals surface area contributed by atoms with Crippen molar-refractivity contribution < 1.29 is 53.7 Å². The van der Waals surface area contributed by atoms with Gasteiger partial charge in [0, 0.05) is 39.0 Å². The fraction of sp³-hybridized carbons (Fsp3) is 0.442. The molecule has 0 aliphatic heterocycles. The summed E-state index contributed by atoms with van der Waals surface area (Å²) in [5.41, 5.74) is 3.18. The molecule has 9 nitrogen and oxygen atoms in total. The molecule has 0 saturated carbocycles. The van der Waals surface area contributed by atoms with Crippen LogP contribution >= 0.6 is 0 Å². The Morgan fingerprint density at radius 3 is 1.62 bits per heavy atom. The molecular weight excluding hydrogens is 799 g/mol. The van der Waals surface area contributed by atoms with E-state index in [4.69, 9.17) is 18.9 Å². The van der Waals surface area contributed by atoms with Gasteiger partial charge in [-0.15, -0.1) is 0 Å². The van der Waals surface area contributed by atoms with E-state index in [0.717, 1.165) is 12.1 Å². The van der Waals surface area contributed by atoms with Gasteiger partial charge in [-0.25, -0.2) is 34.9 Å². The van der Waals surface area contributed by atoms with E-state index in [1.165, 1.54) is 24.3 Å². The number of hydrogen-bond donors (Lipinski definition) is 2. The number of rotatable bonds is 21. The molecule has 0 fully saturated rings. The zero-order valence-corrected chi connectivity index (χ0v) is 34.9. The molecule has 15 heteroatoms. The van der Waals surface area contributed by atoms with Gasteiger partial charge in [-0.05, 0) is 134 Å². The minimum atomic E-state index is -3.72. The second-order valence-corrected chi connectivity index (χ2v) is 18.5. The van der Waals surface area contributed by atoms with Crippen molar-refractivity contribution in [3.63, 3.8) is 0 Å². The summed E-state index contributed by atoms with van der Waals surface area (Å²) in [4.78, 5) is 0. The van der Waals surface area contributed by atoms with E-state index in [-0.39, 0.29) is 60.8 Å². The molecule has 0 spiro atoms. The van der Waals surface area contributed by atoms with Gasteiger partial charge in [0.05, 0.1) is 29.3 Å². The number of methoxy groups -OCH3 is 1. The maximum atomic E-state index is 14.3. The number of nitrogens with one attached hydrogen (secondary N) is 1. The van der Waals surface area contributed by atoms with E-state index in [9.17, 15) is 34.7 Å². The van der Waals surface area contributed by atoms with Gasteiger partial charge >= 0.3 is 0 Å². The molecule has 0 saturated heterocycles. The van der Waals surface area contributed by atoms with E-state index in [0.29, 0.717) is 52.8 Å². The van der Waals surface area contributed by atoms with Gasteiger partial charge < -0.3 is 23.5 Å². The van der Waals surface area contributed by atoms with E-state index in [2.05, 4.69) is 4.72 Å². The Morgan fingerprint density at radius 2 is 1.16 bits per heavy atom. The number of hydrogen-bond acceptors (Lipinski definition) is 7. The predicted molar refractivity (Wildman–Crippen MR) is 217 cm³/mol. The Labute approximate surface area is 340 Å². The molecule has 1 aliphatic carbocycles. The summed E-state index contributed by atoms with van der Waals surface area (Å²) in [6.45, 7) is 8.31. The standard InChI is InChI=1S/C43H51F4NO8S2/c1-42(2,53-5)13-17-56-43(3,4)12-14-48-58(51,52)19-7-16-55-41-39-25-29(31-22-34(46)27-35(47)23-31)9-11-37(39)36-10-8-28(30-20-32(44)26-33(45)21-30)24-38(36)40(41)54-15-6-18-57(49)50/h8-11,20-27,40-41,48H,6-7,12-19H2,1-5H3,(H,49,50). The van der Waals surface area contributed by atoms with Gasteiger partial charge in [-0.1, -0.05) is 24.3 Å². The lowest BCUT2D eigenvalue weighted by molar-refractivity contribution is -0.0788. The van der Waals surface area contributed by atoms with Crippen molar-refractivity contribution in [2.75, 3.05) is 45.0 Å². The van der Waals surface area contributed by atoms with Crippen LogP contribution in [0.15, 0.2) is 72.8 Å². The lowest BCUT2D eigenvalue weighted by Crippen LogP contribution is -2.35. The highest BCUT2D eigenvalue weighted by Crippen LogP contribution is 2.50. The summed E-state index contributed by atoms with van der Waals surface area (Å²) in [5.74, 6) is -3.33. The van der Waals surface area contributed by atoms with Crippen molar-refractivity contribution in [2.24, 2.45) is 0 Å². The molecular formula is C43H51F4NO8S2. The molecule has 0 heterocycles. The van der Waals surface area contributed by atoms with Crippen LogP contribution in [0, 0.1) is 23.3 Å². The molecule has 2 N–H and O–H groups in total. The minimum Gasteiger partial charge on any atom is -0.379 e. The van der Waals surface area contributed by atoms with E-state index < -0.39 is 62.2 Å². The van der Waals surface area contributed by atoms with Gasteiger partial charge in [0.1, 0.15) is 35.5 Å². The van der Waals surface area contributed by atoms with Crippen LogP contribution in [0.5, 0.6) is 0 Å². The monoisotopic (exact) mass is 849 g/mol. The average Bonchev–Trinajstić information content (AvgIpc) is 3.14. The Bertz CT molecular complexity index is 2140. The molecule has 1 aliphatic rings. The van der Waals surface area contributed by atoms with Crippen molar-refractivity contribution in [3.8, 4) is 33.4 Å². The van der Waals surface area contributed by atoms with Gasteiger partial charge in [0.15, 0.2) is 11.1 Å². The molecule has 0 radical (unpaired) electrons. The zero-order valence-electron chi connectivity index (χ0n) is 33.3. The minimum absolute atomic E-state index is 0.0295. The van der Waals surface area contributed by atoms with Crippen LogP contribution in [0.4, 0.5) is 17.6 Å². The number of benzene rings is 4. The van der Waals surface area contributed by atoms with Crippen LogP contribution in [-0.4, -0.2) is 73.4 Å². The van der Waals surface area contributed by atoms with Crippen LogP contribution < -0.4 is 4.72 Å². The molecule has 5 rings (SSSR count). The van der Waals surface area contributed by atoms with Gasteiger partial charge in [0.25, 0.3) is 0 Å². The van der Waals surface area contributed by atoms with Crippen LogP contribution in [-0.2, 0) is 40.1 Å². The van der Waals surface area contributed by atoms with Gasteiger partial charge in [0.2, 0.25) is 10.0 Å². The predicted octanol–water partition coefficient (Wildman–Crippen LogP) is 9.29. The van der Waals surface area contributed by atoms with Crippen LogP contribution in [0.3, 0.4) is 0 Å². The van der Waals surface area contributed by atoms with Crippen molar-refractivity contribution >= 4 is 21.1 Å². The molecule has 3 atom stereocenters. The van der Waals surface area contributed by atoms with Crippen LogP contribution in [0.2, 0.25) is 0 Å². The maximum Gasteiger partial charge on any atom is 0.211 e. The van der Waals surface area contributed by atoms with Crippen LogP contribution in [0.25, 0.3) is 33.4 Å². The number of sulfonamides is 1. The largest absolute Gasteiger partial charge is 0.379 e. The third kappa shape index (κ3) is 12.7. The van der Waals surface area contributed by atoms with Crippen molar-refractivity contribution in [3.05, 3.63) is 107 Å². The quantitative estimate of drug-likeness (QED) is 0.0484. The molecule has 316 valence electrons. The number of ether oxygens (including phenoxy) is 4. The number of halogens is 4. The lowest BCUT2D eigenvalue weighted by Gasteiger charge is -2.36. The smallest absolute Gasteiger partial charge is 0.211 e. The topological polar surface area (TPSA) is 120 Å². The zero-order chi connectivity index (χ0) is 42.3. The second-order valence-electron chi connectivity index (χ2n) is 15.5. The first kappa shape index (κ1) is 45.5. The molecule has 0 bridgehead atoms. The normalized spacial score (nSPS) is 16.2. The summed E-state index contributed by atoms with van der Waals surface area (Å²) in [5, 5.41) is 0. The van der Waals surface area contributed by atoms with Crippen molar-refractivity contribution in [1.29, 1.82) is 0 Å². The van der Waals surface area contributed by atoms with E-state index in [1.54, 1.807) is 43.5 Å². The summed E-state index contributed by atoms with van der Waals surface area (Å²) in [6, 6.07) is 16.9. The molecule has 4 aromatic carbocycles. The summed E-state index contributed by atoms with van der Waals surface area (Å²) < 4.78 is 131. The first-order chi connectivity index (χ1) is 27.3. The highest BCUT2D eigenvalue weighted by molar-refractivity contribution is 7.89. The fourth-order valence-electron chi connectivity index (χ4n) is 6.75. The Hall–Kier alpha value is -3.54. The Kier molecular flexibility index (Phi) is 15.5. The number of fused-ring (bicyclic) bond motifs is 3. The molecule has 0 aromatic heterocycles.